The van der Waals surface area contributed by atoms with E-state index in [0.29, 0.717) is 17.6 Å². The van der Waals surface area contributed by atoms with Crippen LogP contribution in [0.4, 0.5) is 5.82 Å². The van der Waals surface area contributed by atoms with Crippen LogP contribution in [0, 0.1) is 13.8 Å². The van der Waals surface area contributed by atoms with Crippen LogP contribution in [0.3, 0.4) is 0 Å². The lowest BCUT2D eigenvalue weighted by Gasteiger charge is -2.29. The fraction of sp³-hybridized carbons (Fsp3) is 0.562. The van der Waals surface area contributed by atoms with Crippen LogP contribution in [0.2, 0.25) is 0 Å². The van der Waals surface area contributed by atoms with E-state index in [1.54, 1.807) is 13.0 Å². The molecule has 1 N–H and O–H groups in total. The normalized spacial score (nSPS) is 19.9. The largest absolute Gasteiger partial charge is 0.360 e. The molecule has 3 rings (SSSR count). The van der Waals surface area contributed by atoms with Gasteiger partial charge in [0.2, 0.25) is 5.91 Å². The molecule has 0 unspecified atom stereocenters. The molecule has 124 valence electrons. The highest BCUT2D eigenvalue weighted by molar-refractivity contribution is 5.93. The van der Waals surface area contributed by atoms with Gasteiger partial charge in [-0.25, -0.2) is 0 Å². The maximum absolute atomic E-state index is 12.5. The Morgan fingerprint density at radius 2 is 2.35 bits per heavy atom. The Kier molecular flexibility index (Phi) is 4.47. The van der Waals surface area contributed by atoms with E-state index in [-0.39, 0.29) is 11.9 Å². The zero-order valence-corrected chi connectivity index (χ0v) is 13.8. The Balaban J connectivity index is 1.62. The van der Waals surface area contributed by atoms with Crippen LogP contribution in [0.5, 0.6) is 0 Å². The molecule has 0 bridgehead atoms. The molecule has 0 aromatic carbocycles. The number of nitrogens with one attached hydrogen (secondary N) is 1. The van der Waals surface area contributed by atoms with E-state index in [2.05, 4.69) is 20.5 Å². The Labute approximate surface area is 135 Å². The summed E-state index contributed by atoms with van der Waals surface area (Å²) >= 11 is 0. The van der Waals surface area contributed by atoms with Gasteiger partial charge in [0, 0.05) is 18.3 Å². The van der Waals surface area contributed by atoms with Crippen LogP contribution in [0.25, 0.3) is 0 Å². The van der Waals surface area contributed by atoms with Gasteiger partial charge in [-0.3, -0.25) is 14.4 Å². The first-order valence-corrected chi connectivity index (χ1v) is 8.02. The maximum atomic E-state index is 12.5. The molecule has 1 amide bonds. The van der Waals surface area contributed by atoms with Crippen molar-refractivity contribution in [2.75, 3.05) is 11.9 Å². The van der Waals surface area contributed by atoms with Gasteiger partial charge in [0.05, 0.1) is 18.8 Å². The van der Waals surface area contributed by atoms with Gasteiger partial charge >= 0.3 is 0 Å². The summed E-state index contributed by atoms with van der Waals surface area (Å²) in [6, 6.07) is 1.84. The molecular formula is C16H23N5O2. The molecule has 23 heavy (non-hydrogen) atoms. The Hall–Kier alpha value is -2.15. The van der Waals surface area contributed by atoms with Gasteiger partial charge in [0.25, 0.3) is 0 Å². The first-order valence-electron chi connectivity index (χ1n) is 8.02. The monoisotopic (exact) mass is 317 g/mol. The number of nitrogens with zero attached hydrogens (tertiary/aromatic N) is 4. The van der Waals surface area contributed by atoms with Gasteiger partial charge in [0.1, 0.15) is 5.76 Å². The molecule has 1 aliphatic rings. The summed E-state index contributed by atoms with van der Waals surface area (Å²) in [5.74, 6) is 1.10. The Morgan fingerprint density at radius 3 is 3.00 bits per heavy atom. The topological polar surface area (TPSA) is 76.2 Å². The lowest BCUT2D eigenvalue weighted by Crippen LogP contribution is -2.46. The maximum Gasteiger partial charge on any atom is 0.242 e. The minimum atomic E-state index is -0.212. The van der Waals surface area contributed by atoms with Crippen molar-refractivity contribution in [3.63, 3.8) is 0 Å². The van der Waals surface area contributed by atoms with Crippen LogP contribution < -0.4 is 5.32 Å². The quantitative estimate of drug-likeness (QED) is 0.912. The molecule has 2 atom stereocenters. The Bertz CT molecular complexity index is 678. The van der Waals surface area contributed by atoms with Crippen molar-refractivity contribution >= 4 is 11.7 Å². The van der Waals surface area contributed by atoms with Crippen molar-refractivity contribution < 1.29 is 9.32 Å². The van der Waals surface area contributed by atoms with Gasteiger partial charge in [-0.05, 0) is 45.7 Å². The predicted octanol–water partition coefficient (Wildman–Crippen LogP) is 1.98. The molecular weight excluding hydrogens is 294 g/mol. The first-order chi connectivity index (χ1) is 11.0. The van der Waals surface area contributed by atoms with Gasteiger partial charge in [-0.1, -0.05) is 5.16 Å². The smallest absolute Gasteiger partial charge is 0.242 e. The second kappa shape index (κ2) is 6.54. The average Bonchev–Trinajstić information content (AvgIpc) is 3.22. The summed E-state index contributed by atoms with van der Waals surface area (Å²) in [4.78, 5) is 14.7. The lowest BCUT2D eigenvalue weighted by molar-refractivity contribution is -0.121. The predicted molar refractivity (Wildman–Crippen MR) is 86.0 cm³/mol. The van der Waals surface area contributed by atoms with Crippen LogP contribution >= 0.6 is 0 Å². The summed E-state index contributed by atoms with van der Waals surface area (Å²) in [5, 5.41) is 11.0. The lowest BCUT2D eigenvalue weighted by atomic mass is 10.2. The number of anilines is 1. The summed E-state index contributed by atoms with van der Waals surface area (Å²) in [6.45, 7) is 7.52. The number of amides is 1. The van der Waals surface area contributed by atoms with E-state index in [1.807, 2.05) is 30.9 Å². The number of aromatic nitrogens is 3. The molecule has 7 nitrogen and oxygen atoms in total. The number of hydrogen-bond donors (Lipinski definition) is 1. The highest BCUT2D eigenvalue weighted by atomic mass is 16.5. The van der Waals surface area contributed by atoms with E-state index in [4.69, 9.17) is 4.52 Å². The van der Waals surface area contributed by atoms with Gasteiger partial charge in [0.15, 0.2) is 5.82 Å². The average molecular weight is 317 g/mol. The van der Waals surface area contributed by atoms with E-state index in [0.717, 1.165) is 31.5 Å². The molecule has 0 spiro atoms. The highest BCUT2D eigenvalue weighted by Crippen LogP contribution is 2.22. The summed E-state index contributed by atoms with van der Waals surface area (Å²) in [6.07, 6.45) is 6.09. The molecule has 0 radical (unpaired) electrons. The van der Waals surface area contributed by atoms with Crippen molar-refractivity contribution in [3.8, 4) is 0 Å². The minimum Gasteiger partial charge on any atom is -0.360 e. The van der Waals surface area contributed by atoms with Gasteiger partial charge < -0.3 is 9.84 Å². The second-order valence-electron chi connectivity index (χ2n) is 6.26. The standard InChI is InChI=1S/C16H23N5O2/c1-11-8-17-20(9-11)10-14-5-4-6-21(14)13(3)16(22)18-15-7-12(2)23-19-15/h7-9,13-14H,4-6,10H2,1-3H3,(H,18,19,22)/t13-,14+/m1/s1. The Morgan fingerprint density at radius 1 is 1.52 bits per heavy atom. The van der Waals surface area contributed by atoms with E-state index in [9.17, 15) is 4.79 Å². The number of rotatable bonds is 5. The third kappa shape index (κ3) is 3.61. The number of likely N-dealkylation sites (tertiary alicyclic amines) is 1. The fourth-order valence-corrected chi connectivity index (χ4v) is 3.15. The number of carbonyl (C=O) groups is 1. The van der Waals surface area contributed by atoms with Crippen LogP contribution in [0.1, 0.15) is 31.1 Å². The summed E-state index contributed by atoms with van der Waals surface area (Å²) in [5.41, 5.74) is 1.15. The van der Waals surface area contributed by atoms with E-state index in [1.165, 1.54) is 0 Å². The van der Waals surface area contributed by atoms with Crippen molar-refractivity contribution in [2.45, 2.75) is 52.2 Å². The molecule has 0 aliphatic carbocycles. The molecule has 2 aromatic heterocycles. The van der Waals surface area contributed by atoms with Crippen LogP contribution in [0.15, 0.2) is 23.0 Å². The van der Waals surface area contributed by atoms with Gasteiger partial charge in [-0.15, -0.1) is 0 Å². The second-order valence-corrected chi connectivity index (χ2v) is 6.26. The molecule has 2 aromatic rings. The molecule has 7 heteroatoms. The molecule has 1 fully saturated rings. The zero-order chi connectivity index (χ0) is 16.4. The molecule has 1 saturated heterocycles. The van der Waals surface area contributed by atoms with Crippen LogP contribution in [-0.2, 0) is 11.3 Å². The van der Waals surface area contributed by atoms with Crippen molar-refractivity contribution in [1.29, 1.82) is 0 Å². The van der Waals surface area contributed by atoms with Gasteiger partial charge in [-0.2, -0.15) is 5.10 Å². The van der Waals surface area contributed by atoms with E-state index < -0.39 is 0 Å². The number of aryl methyl sites for hydroxylation is 2. The van der Waals surface area contributed by atoms with Crippen LogP contribution in [-0.4, -0.2) is 44.4 Å². The van der Waals surface area contributed by atoms with Crippen molar-refractivity contribution in [3.05, 3.63) is 29.8 Å². The molecule has 3 heterocycles. The number of carbonyl (C=O) groups excluding carboxylic acids is 1. The number of hydrogen-bond acceptors (Lipinski definition) is 5. The summed E-state index contributed by atoms with van der Waals surface area (Å²) in [7, 11) is 0. The first kappa shape index (κ1) is 15.7. The molecule has 1 aliphatic heterocycles. The fourth-order valence-electron chi connectivity index (χ4n) is 3.15. The minimum absolute atomic E-state index is 0.0538. The van der Waals surface area contributed by atoms with Crippen molar-refractivity contribution in [1.82, 2.24) is 19.8 Å². The van der Waals surface area contributed by atoms with E-state index >= 15 is 0 Å². The molecule has 0 saturated carbocycles. The third-order valence-corrected chi connectivity index (χ3v) is 4.34. The third-order valence-electron chi connectivity index (χ3n) is 4.34. The zero-order valence-electron chi connectivity index (χ0n) is 13.8. The highest BCUT2D eigenvalue weighted by Gasteiger charge is 2.32. The SMILES string of the molecule is Cc1cnn(C[C@@H]2CCCN2[C@H](C)C(=O)Nc2cc(C)on2)c1. The van der Waals surface area contributed by atoms with Crippen molar-refractivity contribution in [2.24, 2.45) is 0 Å². The summed E-state index contributed by atoms with van der Waals surface area (Å²) < 4.78 is 6.95.